The first-order valence-corrected chi connectivity index (χ1v) is 13.0. The fourth-order valence-electron chi connectivity index (χ4n) is 4.37. The number of benzene rings is 3. The van der Waals surface area contributed by atoms with Crippen molar-refractivity contribution in [3.8, 4) is 22.8 Å². The topological polar surface area (TPSA) is 63.5 Å². The van der Waals surface area contributed by atoms with Crippen molar-refractivity contribution < 1.29 is 9.53 Å². The molecular formula is C28H29N5O2S. The van der Waals surface area contributed by atoms with Gasteiger partial charge in [0.25, 0.3) is 0 Å². The molecule has 0 radical (unpaired) electrons. The highest BCUT2D eigenvalue weighted by Gasteiger charge is 2.24. The van der Waals surface area contributed by atoms with E-state index in [4.69, 9.17) is 4.74 Å². The molecule has 0 N–H and O–H groups in total. The summed E-state index contributed by atoms with van der Waals surface area (Å²) in [5.41, 5.74) is 4.22. The monoisotopic (exact) mass is 499 g/mol. The number of rotatable bonds is 7. The predicted molar refractivity (Wildman–Crippen MR) is 144 cm³/mol. The minimum Gasteiger partial charge on any atom is -0.495 e. The molecule has 0 unspecified atom stereocenters. The maximum atomic E-state index is 13.1. The van der Waals surface area contributed by atoms with Crippen LogP contribution < -0.4 is 9.64 Å². The maximum absolute atomic E-state index is 13.1. The van der Waals surface area contributed by atoms with Crippen molar-refractivity contribution in [2.75, 3.05) is 43.9 Å². The molecule has 1 aromatic heterocycles. The summed E-state index contributed by atoms with van der Waals surface area (Å²) in [6.45, 7) is 4.97. The molecule has 0 saturated carbocycles. The number of hydrogen-bond donors (Lipinski definition) is 0. The molecule has 1 amide bonds. The number of piperazine rings is 1. The van der Waals surface area contributed by atoms with Gasteiger partial charge < -0.3 is 14.5 Å². The van der Waals surface area contributed by atoms with Crippen molar-refractivity contribution >= 4 is 23.4 Å². The van der Waals surface area contributed by atoms with Crippen molar-refractivity contribution in [3.05, 3.63) is 84.4 Å². The van der Waals surface area contributed by atoms with Crippen LogP contribution in [0.1, 0.15) is 5.56 Å². The van der Waals surface area contributed by atoms with E-state index in [2.05, 4.69) is 52.4 Å². The number of thioether (sulfide) groups is 1. The van der Waals surface area contributed by atoms with Crippen LogP contribution in [0.5, 0.6) is 5.75 Å². The van der Waals surface area contributed by atoms with Gasteiger partial charge in [0.15, 0.2) is 11.0 Å². The standard InChI is InChI=1S/C28H29N5O2S/c1-21-12-14-22(15-13-21)27-29-30-28(33(27)23-8-4-3-5-9-23)36-20-26(34)32-18-16-31(17-19-32)24-10-6-7-11-25(24)35-2/h3-15H,16-20H2,1-2H3. The lowest BCUT2D eigenvalue weighted by atomic mass is 10.1. The zero-order valence-electron chi connectivity index (χ0n) is 20.5. The van der Waals surface area contributed by atoms with Crippen LogP contribution in [0.15, 0.2) is 84.0 Å². The summed E-state index contributed by atoms with van der Waals surface area (Å²) in [6, 6.07) is 26.3. The first-order valence-electron chi connectivity index (χ1n) is 12.0. The Hall–Kier alpha value is -3.78. The van der Waals surface area contributed by atoms with Crippen LogP contribution in [0.25, 0.3) is 17.1 Å². The molecule has 2 heterocycles. The number of anilines is 1. The van der Waals surface area contributed by atoms with E-state index in [-0.39, 0.29) is 5.91 Å². The fraction of sp³-hybridized carbons (Fsp3) is 0.250. The Kier molecular flexibility index (Phi) is 7.23. The highest BCUT2D eigenvalue weighted by atomic mass is 32.2. The second-order valence-corrected chi connectivity index (χ2v) is 9.61. The molecule has 4 aromatic rings. The molecule has 1 saturated heterocycles. The number of ether oxygens (including phenoxy) is 1. The lowest BCUT2D eigenvalue weighted by molar-refractivity contribution is -0.128. The summed E-state index contributed by atoms with van der Waals surface area (Å²) in [5.74, 6) is 2.05. The van der Waals surface area contributed by atoms with Crippen molar-refractivity contribution in [2.45, 2.75) is 12.1 Å². The summed E-state index contributed by atoms with van der Waals surface area (Å²) < 4.78 is 7.54. The van der Waals surface area contributed by atoms with Gasteiger partial charge in [0.1, 0.15) is 5.75 Å². The zero-order valence-corrected chi connectivity index (χ0v) is 21.3. The number of hydrogen-bond acceptors (Lipinski definition) is 6. The number of carbonyl (C=O) groups is 1. The number of aryl methyl sites for hydroxylation is 1. The van der Waals surface area contributed by atoms with Crippen molar-refractivity contribution in [2.24, 2.45) is 0 Å². The van der Waals surface area contributed by atoms with Gasteiger partial charge in [-0.1, -0.05) is 71.9 Å². The van der Waals surface area contributed by atoms with E-state index >= 15 is 0 Å². The van der Waals surface area contributed by atoms with Crippen molar-refractivity contribution in [3.63, 3.8) is 0 Å². The molecule has 184 valence electrons. The SMILES string of the molecule is COc1ccccc1N1CCN(C(=O)CSc2nnc(-c3ccc(C)cc3)n2-c2ccccc2)CC1. The molecule has 0 atom stereocenters. The lowest BCUT2D eigenvalue weighted by Gasteiger charge is -2.36. The number of nitrogens with zero attached hydrogens (tertiary/aromatic N) is 5. The molecule has 1 aliphatic heterocycles. The molecule has 8 heteroatoms. The Labute approximate surface area is 215 Å². The van der Waals surface area contributed by atoms with E-state index in [0.29, 0.717) is 24.0 Å². The first kappa shape index (κ1) is 23.9. The molecule has 5 rings (SSSR count). The summed E-state index contributed by atoms with van der Waals surface area (Å²) in [6.07, 6.45) is 0. The van der Waals surface area contributed by atoms with E-state index in [9.17, 15) is 4.79 Å². The molecule has 0 spiro atoms. The van der Waals surface area contributed by atoms with Crippen LogP contribution in [0.3, 0.4) is 0 Å². The second-order valence-electron chi connectivity index (χ2n) is 8.67. The summed E-state index contributed by atoms with van der Waals surface area (Å²) >= 11 is 1.43. The quantitative estimate of drug-likeness (QED) is 0.344. The average Bonchev–Trinajstić information content (AvgIpc) is 3.36. The number of amides is 1. The van der Waals surface area contributed by atoms with E-state index in [0.717, 1.165) is 41.6 Å². The van der Waals surface area contributed by atoms with E-state index in [1.165, 1.54) is 17.3 Å². The normalized spacial score (nSPS) is 13.6. The third-order valence-electron chi connectivity index (χ3n) is 6.34. The smallest absolute Gasteiger partial charge is 0.233 e. The molecule has 0 bridgehead atoms. The number of carbonyl (C=O) groups excluding carboxylic acids is 1. The molecule has 0 aliphatic carbocycles. The lowest BCUT2D eigenvalue weighted by Crippen LogP contribution is -2.49. The third kappa shape index (κ3) is 5.09. The highest BCUT2D eigenvalue weighted by Crippen LogP contribution is 2.30. The molecule has 3 aromatic carbocycles. The summed E-state index contributed by atoms with van der Waals surface area (Å²) in [4.78, 5) is 17.3. The Balaban J connectivity index is 1.28. The largest absolute Gasteiger partial charge is 0.495 e. The minimum atomic E-state index is 0.110. The van der Waals surface area contributed by atoms with Gasteiger partial charge in [-0.05, 0) is 31.2 Å². The van der Waals surface area contributed by atoms with Crippen LogP contribution in [0.2, 0.25) is 0 Å². The first-order chi connectivity index (χ1) is 17.6. The Morgan fingerprint density at radius 1 is 0.889 bits per heavy atom. The van der Waals surface area contributed by atoms with Crippen LogP contribution in [-0.2, 0) is 4.79 Å². The molecule has 36 heavy (non-hydrogen) atoms. The van der Waals surface area contributed by atoms with Gasteiger partial charge in [0, 0.05) is 37.4 Å². The van der Waals surface area contributed by atoms with Gasteiger partial charge in [0.2, 0.25) is 5.91 Å². The van der Waals surface area contributed by atoms with Gasteiger partial charge in [-0.15, -0.1) is 10.2 Å². The van der Waals surface area contributed by atoms with Crippen LogP contribution in [0.4, 0.5) is 5.69 Å². The molecular weight excluding hydrogens is 470 g/mol. The van der Waals surface area contributed by atoms with Gasteiger partial charge in [0.05, 0.1) is 18.6 Å². The summed E-state index contributed by atoms with van der Waals surface area (Å²) in [5, 5.41) is 9.66. The molecule has 7 nitrogen and oxygen atoms in total. The number of aromatic nitrogens is 3. The Morgan fingerprint density at radius 3 is 2.31 bits per heavy atom. The van der Waals surface area contributed by atoms with Gasteiger partial charge in [-0.2, -0.15) is 0 Å². The van der Waals surface area contributed by atoms with Crippen LogP contribution >= 0.6 is 11.8 Å². The molecule has 1 aliphatic rings. The predicted octanol–water partition coefficient (Wildman–Crippen LogP) is 4.69. The van der Waals surface area contributed by atoms with Crippen molar-refractivity contribution in [1.82, 2.24) is 19.7 Å². The minimum absolute atomic E-state index is 0.110. The van der Waals surface area contributed by atoms with Gasteiger partial charge in [-0.25, -0.2) is 0 Å². The van der Waals surface area contributed by atoms with Crippen molar-refractivity contribution in [1.29, 1.82) is 0 Å². The Morgan fingerprint density at radius 2 is 1.58 bits per heavy atom. The van der Waals surface area contributed by atoms with Crippen LogP contribution in [0, 0.1) is 6.92 Å². The maximum Gasteiger partial charge on any atom is 0.233 e. The van der Waals surface area contributed by atoms with E-state index in [1.54, 1.807) is 7.11 Å². The fourth-order valence-corrected chi connectivity index (χ4v) is 5.22. The third-order valence-corrected chi connectivity index (χ3v) is 7.25. The second kappa shape index (κ2) is 10.9. The van der Waals surface area contributed by atoms with Gasteiger partial charge in [-0.3, -0.25) is 9.36 Å². The van der Waals surface area contributed by atoms with Crippen LogP contribution in [-0.4, -0.2) is 64.6 Å². The van der Waals surface area contributed by atoms with E-state index in [1.807, 2.05) is 58.0 Å². The molecule has 1 fully saturated rings. The highest BCUT2D eigenvalue weighted by molar-refractivity contribution is 7.99. The zero-order chi connectivity index (χ0) is 24.9. The Bertz CT molecular complexity index is 1320. The number of methoxy groups -OCH3 is 1. The van der Waals surface area contributed by atoms with E-state index < -0.39 is 0 Å². The van der Waals surface area contributed by atoms with Gasteiger partial charge >= 0.3 is 0 Å². The number of para-hydroxylation sites is 3. The average molecular weight is 500 g/mol. The summed E-state index contributed by atoms with van der Waals surface area (Å²) in [7, 11) is 1.69.